The van der Waals surface area contributed by atoms with E-state index in [1.165, 1.54) is 95.8 Å². The Bertz CT molecular complexity index is 959. The fraction of sp³-hybridized carbons (Fsp3) is 0.758. The topological polar surface area (TPSA) is 34.2 Å². The summed E-state index contributed by atoms with van der Waals surface area (Å²) in [5.74, 6) is 2.35. The molecule has 6 heteroatoms. The molecule has 5 rings (SSSR count). The quantitative estimate of drug-likeness (QED) is 0.264. The third-order valence-electron chi connectivity index (χ3n) is 9.17. The second-order valence-corrected chi connectivity index (χ2v) is 13.5. The number of rotatable bonds is 14. The standard InChI is InChI=1S/C33H54N3O3/c1-5-6-17-34(18-9-19-36(2,3)4)31(26-11-12-26)24-35-23-28(27-13-16-32-33(22-27)39-25-38-32)21-29(35)14-15-30-10-7-8-20-37-30/h13,16,22,28-30H,5-12,14-15,17-21,23-25H2,1-4H3/q+1. The molecular formula is C33H54N3O3+. The van der Waals surface area contributed by atoms with Gasteiger partial charge in [0.1, 0.15) is 0 Å². The van der Waals surface area contributed by atoms with Gasteiger partial charge in [0, 0.05) is 50.9 Å². The van der Waals surface area contributed by atoms with Crippen molar-refractivity contribution in [2.24, 2.45) is 0 Å². The number of hydrogen-bond acceptors (Lipinski definition) is 5. The van der Waals surface area contributed by atoms with Crippen LogP contribution in [0.5, 0.6) is 11.5 Å². The maximum absolute atomic E-state index is 6.15. The van der Waals surface area contributed by atoms with Gasteiger partial charge in [-0.25, -0.2) is 0 Å². The molecule has 0 bridgehead atoms. The van der Waals surface area contributed by atoms with E-state index in [0.717, 1.165) is 35.7 Å². The summed E-state index contributed by atoms with van der Waals surface area (Å²) in [6.45, 7) is 9.49. The van der Waals surface area contributed by atoms with Crippen LogP contribution >= 0.6 is 0 Å². The summed E-state index contributed by atoms with van der Waals surface area (Å²) in [4.78, 5) is 5.63. The minimum atomic E-state index is 0.345. The van der Waals surface area contributed by atoms with Crippen molar-refractivity contribution in [1.29, 1.82) is 0 Å². The van der Waals surface area contributed by atoms with Crippen LogP contribution in [-0.2, 0) is 4.74 Å². The molecular weight excluding hydrogens is 486 g/mol. The zero-order valence-corrected chi connectivity index (χ0v) is 25.3. The third-order valence-corrected chi connectivity index (χ3v) is 9.17. The van der Waals surface area contributed by atoms with Gasteiger partial charge in [0.15, 0.2) is 11.5 Å². The van der Waals surface area contributed by atoms with Crippen molar-refractivity contribution in [3.8, 4) is 11.5 Å². The average Bonchev–Trinajstić information content (AvgIpc) is 3.51. The van der Waals surface area contributed by atoms with Crippen molar-refractivity contribution in [3.05, 3.63) is 35.0 Å². The monoisotopic (exact) mass is 540 g/mol. The molecule has 3 heterocycles. The minimum absolute atomic E-state index is 0.345. The van der Waals surface area contributed by atoms with Crippen LogP contribution in [0, 0.1) is 0 Å². The predicted octanol–water partition coefficient (Wildman–Crippen LogP) is 6.17. The third kappa shape index (κ3) is 8.14. The lowest BCUT2D eigenvalue weighted by Gasteiger charge is -2.34. The van der Waals surface area contributed by atoms with Gasteiger partial charge in [0.2, 0.25) is 6.79 Å². The van der Waals surface area contributed by atoms with E-state index in [2.05, 4.69) is 56.1 Å². The highest BCUT2D eigenvalue weighted by atomic mass is 16.7. The van der Waals surface area contributed by atoms with E-state index < -0.39 is 0 Å². The van der Waals surface area contributed by atoms with Gasteiger partial charge in [-0.3, -0.25) is 4.90 Å². The van der Waals surface area contributed by atoms with Crippen LogP contribution in [-0.4, -0.2) is 93.7 Å². The maximum atomic E-state index is 6.15. The molecule has 6 nitrogen and oxygen atoms in total. The smallest absolute Gasteiger partial charge is 0.231 e. The Morgan fingerprint density at radius 3 is 2.59 bits per heavy atom. The summed E-state index contributed by atoms with van der Waals surface area (Å²) in [5.41, 5.74) is 4.79. The van der Waals surface area contributed by atoms with E-state index in [1.54, 1.807) is 11.3 Å². The van der Waals surface area contributed by atoms with Gasteiger partial charge in [-0.1, -0.05) is 19.4 Å². The molecule has 0 aromatic heterocycles. The second-order valence-electron chi connectivity index (χ2n) is 13.5. The van der Waals surface area contributed by atoms with E-state index in [-0.39, 0.29) is 0 Å². The van der Waals surface area contributed by atoms with E-state index in [9.17, 15) is 0 Å². The first kappa shape index (κ1) is 28.8. The molecule has 0 radical (unpaired) electrons. The Labute approximate surface area is 237 Å². The molecule has 0 spiro atoms. The molecule has 3 fully saturated rings. The number of benzene rings is 1. The van der Waals surface area contributed by atoms with Gasteiger partial charge in [0.05, 0.1) is 33.8 Å². The van der Waals surface area contributed by atoms with Crippen molar-refractivity contribution in [2.75, 3.05) is 67.3 Å². The molecule has 2 saturated heterocycles. The zero-order chi connectivity index (χ0) is 27.2. The number of quaternary nitrogens is 1. The van der Waals surface area contributed by atoms with E-state index in [1.807, 2.05) is 0 Å². The summed E-state index contributed by atoms with van der Waals surface area (Å²) in [6, 6.07) is 7.25. The molecule has 3 aliphatic heterocycles. The van der Waals surface area contributed by atoms with Gasteiger partial charge in [-0.15, -0.1) is 0 Å². The molecule has 3 unspecified atom stereocenters. The van der Waals surface area contributed by atoms with Crippen LogP contribution < -0.4 is 9.47 Å². The lowest BCUT2D eigenvalue weighted by Crippen LogP contribution is -2.40. The minimum Gasteiger partial charge on any atom is -0.454 e. The van der Waals surface area contributed by atoms with Crippen molar-refractivity contribution in [2.45, 2.75) is 95.6 Å². The molecule has 1 aliphatic carbocycles. The summed E-state index contributed by atoms with van der Waals surface area (Å²) in [6.07, 6.45) is 14.3. The van der Waals surface area contributed by atoms with Crippen LogP contribution in [0.2, 0.25) is 0 Å². The molecule has 1 saturated carbocycles. The van der Waals surface area contributed by atoms with Crippen LogP contribution in [0.4, 0.5) is 0 Å². The highest BCUT2D eigenvalue weighted by molar-refractivity contribution is 5.45. The van der Waals surface area contributed by atoms with Crippen LogP contribution in [0.15, 0.2) is 29.5 Å². The van der Waals surface area contributed by atoms with Crippen LogP contribution in [0.25, 0.3) is 0 Å². The molecule has 1 aromatic rings. The van der Waals surface area contributed by atoms with Crippen molar-refractivity contribution in [1.82, 2.24) is 9.80 Å². The Morgan fingerprint density at radius 2 is 1.85 bits per heavy atom. The Balaban J connectivity index is 1.30. The van der Waals surface area contributed by atoms with Crippen molar-refractivity contribution in [3.63, 3.8) is 0 Å². The van der Waals surface area contributed by atoms with Crippen molar-refractivity contribution < 1.29 is 18.7 Å². The highest BCUT2D eigenvalue weighted by Crippen LogP contribution is 2.41. The number of ether oxygens (including phenoxy) is 3. The van der Waals surface area contributed by atoms with E-state index >= 15 is 0 Å². The van der Waals surface area contributed by atoms with Gasteiger partial charge in [0.25, 0.3) is 0 Å². The van der Waals surface area contributed by atoms with E-state index in [4.69, 9.17) is 14.2 Å². The first-order valence-electron chi connectivity index (χ1n) is 15.9. The number of likely N-dealkylation sites (tertiary alicyclic amines) is 1. The number of unbranched alkanes of at least 4 members (excludes halogenated alkanes) is 1. The Hall–Kier alpha value is -1.76. The summed E-state index contributed by atoms with van der Waals surface area (Å²) in [5, 5.41) is 0. The largest absolute Gasteiger partial charge is 0.454 e. The highest BCUT2D eigenvalue weighted by Gasteiger charge is 2.36. The predicted molar refractivity (Wildman–Crippen MR) is 158 cm³/mol. The number of fused-ring (bicyclic) bond motifs is 1. The van der Waals surface area contributed by atoms with Gasteiger partial charge in [-0.2, -0.15) is 0 Å². The van der Waals surface area contributed by atoms with Gasteiger partial charge >= 0.3 is 0 Å². The SMILES string of the molecule is CCCCN(CCC[N+](C)(C)C)C(CN1CC(c2ccc3c(c2)OCO3)CC1CCC1CCCCO1)=C1CC1. The first-order chi connectivity index (χ1) is 18.9. The van der Waals surface area contributed by atoms with Crippen LogP contribution in [0.1, 0.15) is 89.0 Å². The number of hydrogen-bond donors (Lipinski definition) is 0. The summed E-state index contributed by atoms with van der Waals surface area (Å²) >= 11 is 0. The number of allylic oxidation sites excluding steroid dienone is 1. The number of nitrogens with zero attached hydrogens (tertiary/aromatic N) is 3. The average molecular weight is 541 g/mol. The summed E-state index contributed by atoms with van der Waals surface area (Å²) in [7, 11) is 6.95. The van der Waals surface area contributed by atoms with E-state index in [0.29, 0.717) is 24.9 Å². The normalized spacial score (nSPS) is 24.8. The lowest BCUT2D eigenvalue weighted by atomic mass is 9.93. The Kier molecular flexibility index (Phi) is 9.78. The summed E-state index contributed by atoms with van der Waals surface area (Å²) < 4.78 is 18.5. The molecule has 0 amide bonds. The van der Waals surface area contributed by atoms with Gasteiger partial charge in [-0.05, 0) is 87.0 Å². The fourth-order valence-corrected chi connectivity index (χ4v) is 6.75. The molecule has 3 atom stereocenters. The Morgan fingerprint density at radius 1 is 1.03 bits per heavy atom. The molecule has 39 heavy (non-hydrogen) atoms. The molecule has 4 aliphatic rings. The fourth-order valence-electron chi connectivity index (χ4n) is 6.75. The molecule has 1 aromatic carbocycles. The lowest BCUT2D eigenvalue weighted by molar-refractivity contribution is -0.870. The van der Waals surface area contributed by atoms with Crippen LogP contribution in [0.3, 0.4) is 0 Å². The maximum Gasteiger partial charge on any atom is 0.231 e. The van der Waals surface area contributed by atoms with Crippen molar-refractivity contribution >= 4 is 0 Å². The van der Waals surface area contributed by atoms with Gasteiger partial charge < -0.3 is 23.6 Å². The first-order valence-corrected chi connectivity index (χ1v) is 15.9. The molecule has 0 N–H and O–H groups in total. The molecule has 218 valence electrons. The zero-order valence-electron chi connectivity index (χ0n) is 25.3. The second kappa shape index (κ2) is 13.3.